The monoisotopic (exact) mass is 442 g/mol. The summed E-state index contributed by atoms with van der Waals surface area (Å²) in [6.45, 7) is 1.81. The number of aromatic nitrogens is 1. The highest BCUT2D eigenvalue weighted by molar-refractivity contribution is 7.15. The number of hydrogen-bond acceptors (Lipinski definition) is 6. The van der Waals surface area contributed by atoms with Crippen LogP contribution in [0.5, 0.6) is 11.5 Å². The topological polar surface area (TPSA) is 77.5 Å². The second-order valence-corrected chi connectivity index (χ2v) is 7.98. The van der Waals surface area contributed by atoms with Gasteiger partial charge in [0.15, 0.2) is 22.4 Å². The fraction of sp³-hybridized carbons (Fsp3) is 0.261. The molecule has 3 aromatic rings. The molecule has 8 heteroatoms. The van der Waals surface area contributed by atoms with E-state index in [4.69, 9.17) is 9.47 Å². The Balaban J connectivity index is 1.44. The first-order valence-corrected chi connectivity index (χ1v) is 10.6. The van der Waals surface area contributed by atoms with E-state index in [2.05, 4.69) is 10.3 Å². The smallest absolute Gasteiger partial charge is 0.226 e. The van der Waals surface area contributed by atoms with Gasteiger partial charge in [0.2, 0.25) is 5.91 Å². The minimum Gasteiger partial charge on any atom is -0.493 e. The van der Waals surface area contributed by atoms with Crippen molar-refractivity contribution in [2.45, 2.75) is 26.2 Å². The fourth-order valence-electron chi connectivity index (χ4n) is 2.90. The number of halogens is 1. The quantitative estimate of drug-likeness (QED) is 0.358. The molecule has 0 atom stereocenters. The highest BCUT2D eigenvalue weighted by Crippen LogP contribution is 2.28. The van der Waals surface area contributed by atoms with Crippen molar-refractivity contribution in [2.24, 2.45) is 0 Å². The number of carbonyl (C=O) groups is 2. The van der Waals surface area contributed by atoms with Gasteiger partial charge in [0.25, 0.3) is 0 Å². The second kappa shape index (κ2) is 10.7. The van der Waals surface area contributed by atoms with Crippen LogP contribution < -0.4 is 14.8 Å². The average Bonchev–Trinajstić information content (AvgIpc) is 3.17. The fourth-order valence-corrected chi connectivity index (χ4v) is 3.76. The number of amides is 1. The summed E-state index contributed by atoms with van der Waals surface area (Å²) in [5.74, 6) is 0.516. The van der Waals surface area contributed by atoms with Crippen LogP contribution in [-0.2, 0) is 11.2 Å². The molecule has 1 aromatic heterocycles. The van der Waals surface area contributed by atoms with Crippen LogP contribution in [-0.4, -0.2) is 30.4 Å². The third kappa shape index (κ3) is 6.62. The number of rotatable bonds is 10. The standard InChI is InChI=1S/C23H23FN2O4S/c1-15(27)17-8-9-20(21(13-17)29-2)30-10-4-7-22(28)26-23-25-14-19(31-23)12-16-5-3-6-18(24)11-16/h3,5-6,8-9,11,13-14H,4,7,10,12H2,1-2H3,(H,25,26,28). The molecule has 0 bridgehead atoms. The first-order chi connectivity index (χ1) is 14.9. The van der Waals surface area contributed by atoms with Gasteiger partial charge in [0.05, 0.1) is 13.7 Å². The van der Waals surface area contributed by atoms with Crippen molar-refractivity contribution in [3.8, 4) is 11.5 Å². The van der Waals surface area contributed by atoms with Gasteiger partial charge in [-0.2, -0.15) is 0 Å². The number of methoxy groups -OCH3 is 1. The van der Waals surface area contributed by atoms with Crippen molar-refractivity contribution >= 4 is 28.2 Å². The zero-order valence-corrected chi connectivity index (χ0v) is 18.1. The van der Waals surface area contributed by atoms with Crippen LogP contribution in [0.4, 0.5) is 9.52 Å². The molecule has 0 aliphatic heterocycles. The summed E-state index contributed by atoms with van der Waals surface area (Å²) in [6, 6.07) is 11.4. The van der Waals surface area contributed by atoms with Crippen LogP contribution in [0.1, 0.15) is 40.6 Å². The molecule has 0 spiro atoms. The summed E-state index contributed by atoms with van der Waals surface area (Å²) in [5.41, 5.74) is 1.40. The maximum Gasteiger partial charge on any atom is 0.226 e. The molecule has 2 aromatic carbocycles. The van der Waals surface area contributed by atoms with Crippen molar-refractivity contribution in [2.75, 3.05) is 19.0 Å². The normalized spacial score (nSPS) is 10.5. The van der Waals surface area contributed by atoms with Crippen molar-refractivity contribution in [3.63, 3.8) is 0 Å². The first kappa shape index (κ1) is 22.4. The molecule has 0 aliphatic carbocycles. The number of nitrogens with zero attached hydrogens (tertiary/aromatic N) is 1. The summed E-state index contributed by atoms with van der Waals surface area (Å²) in [4.78, 5) is 28.8. The Hall–Kier alpha value is -3.26. The molecule has 31 heavy (non-hydrogen) atoms. The molecular formula is C23H23FN2O4S. The molecule has 0 aliphatic rings. The van der Waals surface area contributed by atoms with E-state index in [1.54, 1.807) is 30.5 Å². The molecule has 0 fully saturated rings. The minimum absolute atomic E-state index is 0.0530. The summed E-state index contributed by atoms with van der Waals surface area (Å²) in [6.07, 6.45) is 3.02. The molecule has 1 N–H and O–H groups in total. The Morgan fingerprint density at radius 2 is 2.00 bits per heavy atom. The number of ether oxygens (including phenoxy) is 2. The van der Waals surface area contributed by atoms with Gasteiger partial charge in [-0.05, 0) is 49.2 Å². The summed E-state index contributed by atoms with van der Waals surface area (Å²) in [5, 5.41) is 3.29. The number of carbonyl (C=O) groups excluding carboxylic acids is 2. The number of thiazole rings is 1. The molecule has 3 rings (SSSR count). The number of benzene rings is 2. The Bertz CT molecular complexity index is 1070. The highest BCUT2D eigenvalue weighted by atomic mass is 32.1. The van der Waals surface area contributed by atoms with Crippen LogP contribution in [0.15, 0.2) is 48.7 Å². The molecule has 0 saturated carbocycles. The lowest BCUT2D eigenvalue weighted by molar-refractivity contribution is -0.116. The molecular weight excluding hydrogens is 419 g/mol. The maximum atomic E-state index is 13.3. The zero-order chi connectivity index (χ0) is 22.2. The molecule has 0 saturated heterocycles. The van der Waals surface area contributed by atoms with Crippen LogP contribution in [0.3, 0.4) is 0 Å². The summed E-state index contributed by atoms with van der Waals surface area (Å²) < 4.78 is 24.2. The van der Waals surface area contributed by atoms with Crippen molar-refractivity contribution in [1.29, 1.82) is 0 Å². The van der Waals surface area contributed by atoms with Gasteiger partial charge >= 0.3 is 0 Å². The van der Waals surface area contributed by atoms with E-state index in [9.17, 15) is 14.0 Å². The lowest BCUT2D eigenvalue weighted by Gasteiger charge is -2.11. The van der Waals surface area contributed by atoms with Gasteiger partial charge in [-0.1, -0.05) is 12.1 Å². The van der Waals surface area contributed by atoms with Gasteiger partial charge in [0.1, 0.15) is 5.82 Å². The van der Waals surface area contributed by atoms with Gasteiger partial charge in [-0.25, -0.2) is 9.37 Å². The van der Waals surface area contributed by atoms with Gasteiger partial charge in [-0.15, -0.1) is 11.3 Å². The third-order valence-electron chi connectivity index (χ3n) is 4.44. The molecule has 1 amide bonds. The van der Waals surface area contributed by atoms with E-state index in [0.717, 1.165) is 10.4 Å². The van der Waals surface area contributed by atoms with E-state index >= 15 is 0 Å². The molecule has 0 radical (unpaired) electrons. The van der Waals surface area contributed by atoms with E-state index in [-0.39, 0.29) is 23.9 Å². The second-order valence-electron chi connectivity index (χ2n) is 6.86. The van der Waals surface area contributed by atoms with Gasteiger partial charge in [-0.3, -0.25) is 9.59 Å². The van der Waals surface area contributed by atoms with E-state index in [1.807, 2.05) is 6.07 Å². The number of hydrogen-bond donors (Lipinski definition) is 1. The Morgan fingerprint density at radius 3 is 2.74 bits per heavy atom. The van der Waals surface area contributed by atoms with Crippen LogP contribution in [0.2, 0.25) is 0 Å². The number of anilines is 1. The summed E-state index contributed by atoms with van der Waals surface area (Å²) >= 11 is 1.37. The Kier molecular flexibility index (Phi) is 7.72. The number of ketones is 1. The number of Topliss-reactive ketones (excluding diaryl/α,β-unsaturated/α-hetero) is 1. The average molecular weight is 443 g/mol. The number of nitrogens with one attached hydrogen (secondary N) is 1. The largest absolute Gasteiger partial charge is 0.493 e. The Morgan fingerprint density at radius 1 is 1.16 bits per heavy atom. The van der Waals surface area contributed by atoms with Crippen LogP contribution in [0.25, 0.3) is 0 Å². The summed E-state index contributed by atoms with van der Waals surface area (Å²) in [7, 11) is 1.51. The van der Waals surface area contributed by atoms with E-state index < -0.39 is 0 Å². The van der Waals surface area contributed by atoms with Crippen molar-refractivity contribution in [3.05, 3.63) is 70.5 Å². The molecule has 6 nitrogen and oxygen atoms in total. The SMILES string of the molecule is COc1cc(C(C)=O)ccc1OCCCC(=O)Nc1ncc(Cc2cccc(F)c2)s1. The predicted octanol–water partition coefficient (Wildman–Crippen LogP) is 4.88. The van der Waals surface area contributed by atoms with E-state index in [0.29, 0.717) is 41.6 Å². The van der Waals surface area contributed by atoms with Crippen molar-refractivity contribution in [1.82, 2.24) is 4.98 Å². The highest BCUT2D eigenvalue weighted by Gasteiger charge is 2.10. The molecule has 0 unspecified atom stereocenters. The van der Waals surface area contributed by atoms with Crippen molar-refractivity contribution < 1.29 is 23.5 Å². The third-order valence-corrected chi connectivity index (χ3v) is 5.36. The van der Waals surface area contributed by atoms with Gasteiger partial charge < -0.3 is 14.8 Å². The zero-order valence-electron chi connectivity index (χ0n) is 17.3. The van der Waals surface area contributed by atoms with Crippen LogP contribution in [0, 0.1) is 5.82 Å². The Labute approximate surface area is 184 Å². The lowest BCUT2D eigenvalue weighted by Crippen LogP contribution is -2.12. The van der Waals surface area contributed by atoms with E-state index in [1.165, 1.54) is 37.5 Å². The van der Waals surface area contributed by atoms with Crippen LogP contribution >= 0.6 is 11.3 Å². The predicted molar refractivity (Wildman–Crippen MR) is 118 cm³/mol. The first-order valence-electron chi connectivity index (χ1n) is 9.75. The lowest BCUT2D eigenvalue weighted by atomic mass is 10.1. The maximum absolute atomic E-state index is 13.3. The molecule has 162 valence electrons. The molecule has 1 heterocycles. The minimum atomic E-state index is -0.273. The van der Waals surface area contributed by atoms with Gasteiger partial charge in [0, 0.05) is 29.5 Å².